The maximum Gasteiger partial charge on any atom is 0.191 e. The van der Waals surface area contributed by atoms with Crippen molar-refractivity contribution < 1.29 is 9.47 Å². The van der Waals surface area contributed by atoms with Gasteiger partial charge in [0.05, 0.1) is 13.2 Å². The minimum Gasteiger partial charge on any atom is -0.491 e. The van der Waals surface area contributed by atoms with E-state index in [1.165, 1.54) is 11.1 Å². The van der Waals surface area contributed by atoms with Gasteiger partial charge in [-0.3, -0.25) is 0 Å². The van der Waals surface area contributed by atoms with Crippen LogP contribution < -0.4 is 15.4 Å². The lowest BCUT2D eigenvalue weighted by Crippen LogP contribution is -2.36. The molecule has 0 aliphatic heterocycles. The SMILES string of the molecule is CCNC(=NCc1ccn(C)c1)NCc1ccc(C)cc1OCCOCC.I. The van der Waals surface area contributed by atoms with Crippen molar-refractivity contribution in [3.8, 4) is 5.75 Å². The summed E-state index contributed by atoms with van der Waals surface area (Å²) in [5.41, 5.74) is 3.46. The van der Waals surface area contributed by atoms with Crippen LogP contribution in [0.3, 0.4) is 0 Å². The molecule has 0 saturated carbocycles. The van der Waals surface area contributed by atoms with Crippen molar-refractivity contribution >= 4 is 29.9 Å². The summed E-state index contributed by atoms with van der Waals surface area (Å²) in [6.45, 7) is 10.1. The Bertz CT molecular complexity index is 731. The quantitative estimate of drug-likeness (QED) is 0.227. The van der Waals surface area contributed by atoms with E-state index in [2.05, 4.69) is 59.9 Å². The van der Waals surface area contributed by atoms with Gasteiger partial charge in [-0.2, -0.15) is 0 Å². The second-order valence-corrected chi connectivity index (χ2v) is 6.39. The van der Waals surface area contributed by atoms with Gasteiger partial charge in [-0.25, -0.2) is 4.99 Å². The number of nitrogens with zero attached hydrogens (tertiary/aromatic N) is 2. The van der Waals surface area contributed by atoms with Crippen LogP contribution in [-0.4, -0.2) is 36.9 Å². The van der Waals surface area contributed by atoms with Crippen molar-refractivity contribution in [3.63, 3.8) is 0 Å². The van der Waals surface area contributed by atoms with Crippen molar-refractivity contribution in [2.75, 3.05) is 26.4 Å². The van der Waals surface area contributed by atoms with Gasteiger partial charge >= 0.3 is 0 Å². The molecule has 156 valence electrons. The van der Waals surface area contributed by atoms with E-state index in [9.17, 15) is 0 Å². The summed E-state index contributed by atoms with van der Waals surface area (Å²) in [7, 11) is 2.02. The fourth-order valence-corrected chi connectivity index (χ4v) is 2.64. The number of hydrogen-bond donors (Lipinski definition) is 2. The predicted molar refractivity (Wildman–Crippen MR) is 126 cm³/mol. The lowest BCUT2D eigenvalue weighted by molar-refractivity contribution is 0.110. The van der Waals surface area contributed by atoms with Gasteiger partial charge in [-0.05, 0) is 44.0 Å². The lowest BCUT2D eigenvalue weighted by atomic mass is 10.1. The highest BCUT2D eigenvalue weighted by Gasteiger charge is 2.06. The molecule has 2 rings (SSSR count). The average Bonchev–Trinajstić information content (AvgIpc) is 3.07. The number of halogens is 1. The van der Waals surface area contributed by atoms with Gasteiger partial charge in [-0.1, -0.05) is 12.1 Å². The van der Waals surface area contributed by atoms with Crippen molar-refractivity contribution in [3.05, 3.63) is 53.3 Å². The van der Waals surface area contributed by atoms with E-state index in [0.717, 1.165) is 23.8 Å². The van der Waals surface area contributed by atoms with E-state index in [1.54, 1.807) is 0 Å². The molecule has 0 spiro atoms. The largest absolute Gasteiger partial charge is 0.491 e. The van der Waals surface area contributed by atoms with Crippen LogP contribution in [0.25, 0.3) is 0 Å². The molecule has 0 amide bonds. The van der Waals surface area contributed by atoms with E-state index >= 15 is 0 Å². The summed E-state index contributed by atoms with van der Waals surface area (Å²) in [6, 6.07) is 8.34. The van der Waals surface area contributed by atoms with E-state index in [4.69, 9.17) is 9.47 Å². The molecule has 0 saturated heterocycles. The van der Waals surface area contributed by atoms with Crippen LogP contribution in [0.5, 0.6) is 5.75 Å². The van der Waals surface area contributed by atoms with Crippen molar-refractivity contribution in [1.29, 1.82) is 0 Å². The van der Waals surface area contributed by atoms with E-state index in [1.807, 2.05) is 24.7 Å². The standard InChI is InChI=1S/C21H32N4O2.HI/c1-5-22-21(23-14-18-9-10-25(4)16-18)24-15-19-8-7-17(3)13-20(19)27-12-11-26-6-2;/h7-10,13,16H,5-6,11-12,14-15H2,1-4H3,(H2,22,23,24);1H. The predicted octanol–water partition coefficient (Wildman–Crippen LogP) is 3.62. The maximum absolute atomic E-state index is 5.92. The first-order valence-corrected chi connectivity index (χ1v) is 9.55. The van der Waals surface area contributed by atoms with Gasteiger partial charge in [0, 0.05) is 44.7 Å². The lowest BCUT2D eigenvalue weighted by Gasteiger charge is -2.15. The number of aromatic nitrogens is 1. The van der Waals surface area contributed by atoms with Gasteiger partial charge in [-0.15, -0.1) is 24.0 Å². The highest BCUT2D eigenvalue weighted by atomic mass is 127. The molecule has 6 nitrogen and oxygen atoms in total. The zero-order valence-electron chi connectivity index (χ0n) is 17.3. The summed E-state index contributed by atoms with van der Waals surface area (Å²) in [5.74, 6) is 1.68. The first-order chi connectivity index (χ1) is 13.1. The maximum atomic E-state index is 5.92. The molecule has 28 heavy (non-hydrogen) atoms. The molecule has 0 aliphatic carbocycles. The topological polar surface area (TPSA) is 59.8 Å². The third-order valence-electron chi connectivity index (χ3n) is 4.02. The summed E-state index contributed by atoms with van der Waals surface area (Å²) >= 11 is 0. The molecule has 7 heteroatoms. The van der Waals surface area contributed by atoms with E-state index in [0.29, 0.717) is 32.9 Å². The number of hydrogen-bond acceptors (Lipinski definition) is 3. The second kappa shape index (κ2) is 13.4. The molecule has 0 fully saturated rings. The van der Waals surface area contributed by atoms with Crippen LogP contribution in [0.2, 0.25) is 0 Å². The molecular formula is C21H33IN4O2. The number of guanidine groups is 1. The summed E-state index contributed by atoms with van der Waals surface area (Å²) in [6.07, 6.45) is 4.11. The average molecular weight is 500 g/mol. The Morgan fingerprint density at radius 3 is 2.64 bits per heavy atom. The van der Waals surface area contributed by atoms with Crippen molar-refractivity contribution in [2.45, 2.75) is 33.9 Å². The fourth-order valence-electron chi connectivity index (χ4n) is 2.64. The minimum absolute atomic E-state index is 0. The van der Waals surface area contributed by atoms with Crippen molar-refractivity contribution in [2.24, 2.45) is 12.0 Å². The Morgan fingerprint density at radius 1 is 1.14 bits per heavy atom. The summed E-state index contributed by atoms with van der Waals surface area (Å²) < 4.78 is 13.3. The fraction of sp³-hybridized carbons (Fsp3) is 0.476. The Balaban J connectivity index is 0.00000392. The van der Waals surface area contributed by atoms with Crippen LogP contribution in [-0.2, 0) is 24.9 Å². The Morgan fingerprint density at radius 2 is 1.96 bits per heavy atom. The number of rotatable bonds is 10. The van der Waals surface area contributed by atoms with Crippen LogP contribution in [0.4, 0.5) is 0 Å². The van der Waals surface area contributed by atoms with E-state index < -0.39 is 0 Å². The highest BCUT2D eigenvalue weighted by molar-refractivity contribution is 14.0. The smallest absolute Gasteiger partial charge is 0.191 e. The van der Waals surface area contributed by atoms with E-state index in [-0.39, 0.29) is 24.0 Å². The Hall–Kier alpha value is -1.74. The molecule has 0 atom stereocenters. The highest BCUT2D eigenvalue weighted by Crippen LogP contribution is 2.20. The van der Waals surface area contributed by atoms with Gasteiger partial charge < -0.3 is 24.7 Å². The molecule has 1 aromatic heterocycles. The van der Waals surface area contributed by atoms with Crippen LogP contribution in [0.1, 0.15) is 30.5 Å². The Labute approximate surface area is 185 Å². The first-order valence-electron chi connectivity index (χ1n) is 9.55. The van der Waals surface area contributed by atoms with Gasteiger partial charge in [0.2, 0.25) is 0 Å². The molecular weight excluding hydrogens is 467 g/mol. The van der Waals surface area contributed by atoms with Crippen LogP contribution in [0, 0.1) is 6.92 Å². The molecule has 0 unspecified atom stereocenters. The monoisotopic (exact) mass is 500 g/mol. The molecule has 1 aromatic carbocycles. The van der Waals surface area contributed by atoms with Gasteiger partial charge in [0.25, 0.3) is 0 Å². The number of aryl methyl sites for hydroxylation is 2. The minimum atomic E-state index is 0. The van der Waals surface area contributed by atoms with Crippen LogP contribution in [0.15, 0.2) is 41.7 Å². The third-order valence-corrected chi connectivity index (χ3v) is 4.02. The first kappa shape index (κ1) is 24.3. The molecule has 1 heterocycles. The van der Waals surface area contributed by atoms with Gasteiger partial charge in [0.15, 0.2) is 5.96 Å². The molecule has 0 radical (unpaired) electrons. The number of nitrogens with one attached hydrogen (secondary N) is 2. The molecule has 2 N–H and O–H groups in total. The van der Waals surface area contributed by atoms with Crippen LogP contribution >= 0.6 is 24.0 Å². The second-order valence-electron chi connectivity index (χ2n) is 6.39. The number of ether oxygens (including phenoxy) is 2. The zero-order valence-corrected chi connectivity index (χ0v) is 19.7. The Kier molecular flexibility index (Phi) is 11.7. The third kappa shape index (κ3) is 8.52. The molecule has 0 aliphatic rings. The van der Waals surface area contributed by atoms with Gasteiger partial charge in [0.1, 0.15) is 12.4 Å². The molecule has 0 bridgehead atoms. The summed E-state index contributed by atoms with van der Waals surface area (Å²) in [4.78, 5) is 4.67. The normalized spacial score (nSPS) is 11.1. The number of benzene rings is 1. The molecule has 2 aromatic rings. The van der Waals surface area contributed by atoms with Crippen molar-refractivity contribution in [1.82, 2.24) is 15.2 Å². The summed E-state index contributed by atoms with van der Waals surface area (Å²) in [5, 5.41) is 6.69. The number of aliphatic imine (C=N–C) groups is 1. The zero-order chi connectivity index (χ0) is 19.5.